The molecule has 27 heavy (non-hydrogen) atoms. The Balaban J connectivity index is 0.00000210. The number of piperazine rings is 1. The van der Waals surface area contributed by atoms with Crippen LogP contribution >= 0.6 is 35.6 Å². The Morgan fingerprint density at radius 3 is 2.07 bits per heavy atom. The van der Waals surface area contributed by atoms with Crippen LogP contribution in [-0.4, -0.2) is 53.8 Å². The number of hydrogen-bond acceptors (Lipinski definition) is 3. The molecule has 3 fully saturated rings. The van der Waals surface area contributed by atoms with E-state index >= 15 is 0 Å². The van der Waals surface area contributed by atoms with Crippen LogP contribution in [0.25, 0.3) is 0 Å². The predicted molar refractivity (Wildman–Crippen MR) is 108 cm³/mol. The predicted octanol–water partition coefficient (Wildman–Crippen LogP) is 3.07. The molecule has 2 amide bonds. The third-order valence-corrected chi connectivity index (χ3v) is 6.95. The third-order valence-electron chi connectivity index (χ3n) is 6.32. The molecule has 0 aromatic heterocycles. The minimum Gasteiger partial charge on any atom is -0.339 e. The SMILES string of the molecule is Cl.NC1C2CCC(C2)C1C(=O)N1CCN(C(=O)c2c(Cl)cccc2Cl)CC1. The minimum atomic E-state index is -0.177. The maximum atomic E-state index is 13.0. The smallest absolute Gasteiger partial charge is 0.257 e. The van der Waals surface area contributed by atoms with Gasteiger partial charge < -0.3 is 15.5 Å². The fourth-order valence-electron chi connectivity index (χ4n) is 4.90. The van der Waals surface area contributed by atoms with Gasteiger partial charge in [0.15, 0.2) is 0 Å². The van der Waals surface area contributed by atoms with Gasteiger partial charge in [0.1, 0.15) is 0 Å². The maximum Gasteiger partial charge on any atom is 0.257 e. The van der Waals surface area contributed by atoms with E-state index in [1.54, 1.807) is 23.1 Å². The average molecular weight is 433 g/mol. The standard InChI is InChI=1S/C19H23Cl2N3O2.ClH/c20-13-2-1-3-14(21)16(13)19(26)24-8-6-23(7-9-24)18(25)15-11-4-5-12(10-11)17(15)22;/h1-3,11-12,15,17H,4-10,22H2;1H. The van der Waals surface area contributed by atoms with Crippen LogP contribution in [0.15, 0.2) is 18.2 Å². The molecule has 4 rings (SSSR count). The van der Waals surface area contributed by atoms with Crippen molar-refractivity contribution >= 4 is 47.4 Å². The molecule has 2 bridgehead atoms. The molecule has 8 heteroatoms. The van der Waals surface area contributed by atoms with E-state index in [4.69, 9.17) is 28.9 Å². The monoisotopic (exact) mass is 431 g/mol. The van der Waals surface area contributed by atoms with Gasteiger partial charge in [0.2, 0.25) is 5.91 Å². The second-order valence-electron chi connectivity index (χ2n) is 7.65. The molecule has 5 nitrogen and oxygen atoms in total. The quantitative estimate of drug-likeness (QED) is 0.781. The molecule has 148 valence electrons. The molecule has 1 saturated heterocycles. The fourth-order valence-corrected chi connectivity index (χ4v) is 5.46. The van der Waals surface area contributed by atoms with Crippen molar-refractivity contribution in [3.05, 3.63) is 33.8 Å². The van der Waals surface area contributed by atoms with Crippen molar-refractivity contribution in [3.8, 4) is 0 Å². The van der Waals surface area contributed by atoms with Crippen molar-refractivity contribution in [2.24, 2.45) is 23.5 Å². The van der Waals surface area contributed by atoms with Gasteiger partial charge in [-0.2, -0.15) is 0 Å². The van der Waals surface area contributed by atoms with Crippen molar-refractivity contribution in [2.75, 3.05) is 26.2 Å². The molecule has 2 N–H and O–H groups in total. The lowest BCUT2D eigenvalue weighted by Gasteiger charge is -2.38. The molecule has 2 saturated carbocycles. The Labute approximate surface area is 175 Å². The van der Waals surface area contributed by atoms with Crippen LogP contribution in [0.2, 0.25) is 10.0 Å². The van der Waals surface area contributed by atoms with E-state index in [0.717, 1.165) is 19.3 Å². The number of amides is 2. The third kappa shape index (κ3) is 3.67. The van der Waals surface area contributed by atoms with Crippen LogP contribution in [-0.2, 0) is 4.79 Å². The summed E-state index contributed by atoms with van der Waals surface area (Å²) in [6, 6.07) is 5.05. The zero-order valence-corrected chi connectivity index (χ0v) is 17.3. The highest BCUT2D eigenvalue weighted by atomic mass is 35.5. The average Bonchev–Trinajstić information content (AvgIpc) is 3.22. The number of carbonyl (C=O) groups excluding carboxylic acids is 2. The Bertz CT molecular complexity index is 715. The lowest BCUT2D eigenvalue weighted by molar-refractivity contribution is -0.139. The largest absolute Gasteiger partial charge is 0.339 e. The van der Waals surface area contributed by atoms with Gasteiger partial charge in [-0.25, -0.2) is 0 Å². The van der Waals surface area contributed by atoms with E-state index in [-0.39, 0.29) is 36.2 Å². The van der Waals surface area contributed by atoms with E-state index < -0.39 is 0 Å². The summed E-state index contributed by atoms with van der Waals surface area (Å²) in [5.41, 5.74) is 6.65. The number of nitrogens with zero attached hydrogens (tertiary/aromatic N) is 2. The van der Waals surface area contributed by atoms with Crippen molar-refractivity contribution in [1.82, 2.24) is 9.80 Å². The van der Waals surface area contributed by atoms with Crippen molar-refractivity contribution in [2.45, 2.75) is 25.3 Å². The highest BCUT2D eigenvalue weighted by Crippen LogP contribution is 2.48. The summed E-state index contributed by atoms with van der Waals surface area (Å²) in [5, 5.41) is 0.711. The Kier molecular flexibility index (Phi) is 6.26. The summed E-state index contributed by atoms with van der Waals surface area (Å²) in [4.78, 5) is 29.3. The highest BCUT2D eigenvalue weighted by molar-refractivity contribution is 6.39. The van der Waals surface area contributed by atoms with E-state index in [9.17, 15) is 9.59 Å². The van der Waals surface area contributed by atoms with Crippen LogP contribution in [0, 0.1) is 17.8 Å². The summed E-state index contributed by atoms with van der Waals surface area (Å²) in [5.74, 6) is 0.925. The first kappa shape index (κ1) is 20.7. The van der Waals surface area contributed by atoms with Crippen molar-refractivity contribution < 1.29 is 9.59 Å². The van der Waals surface area contributed by atoms with Gasteiger partial charge in [0, 0.05) is 32.2 Å². The maximum absolute atomic E-state index is 13.0. The van der Waals surface area contributed by atoms with Gasteiger partial charge >= 0.3 is 0 Å². The zero-order valence-electron chi connectivity index (χ0n) is 14.9. The molecule has 4 unspecified atom stereocenters. The Morgan fingerprint density at radius 1 is 0.963 bits per heavy atom. The van der Waals surface area contributed by atoms with Gasteiger partial charge in [-0.15, -0.1) is 12.4 Å². The molecule has 3 aliphatic rings. The fraction of sp³-hybridized carbons (Fsp3) is 0.579. The summed E-state index contributed by atoms with van der Waals surface area (Å²) in [6.45, 7) is 2.05. The lowest BCUT2D eigenvalue weighted by Crippen LogP contribution is -2.54. The molecule has 2 aliphatic carbocycles. The van der Waals surface area contributed by atoms with Crippen LogP contribution < -0.4 is 5.73 Å². The molecule has 1 heterocycles. The lowest BCUT2D eigenvalue weighted by atomic mass is 9.84. The molecule has 1 aromatic carbocycles. The van der Waals surface area contributed by atoms with Crippen LogP contribution in [0.1, 0.15) is 29.6 Å². The number of benzene rings is 1. The van der Waals surface area contributed by atoms with Crippen LogP contribution in [0.5, 0.6) is 0 Å². The van der Waals surface area contributed by atoms with Crippen LogP contribution in [0.3, 0.4) is 0 Å². The number of nitrogens with two attached hydrogens (primary N) is 1. The van der Waals surface area contributed by atoms with E-state index in [1.165, 1.54) is 0 Å². The van der Waals surface area contributed by atoms with Gasteiger partial charge in [-0.1, -0.05) is 29.3 Å². The van der Waals surface area contributed by atoms with E-state index in [0.29, 0.717) is 53.6 Å². The summed E-state index contributed by atoms with van der Waals surface area (Å²) < 4.78 is 0. The minimum absolute atomic E-state index is 0. The van der Waals surface area contributed by atoms with Gasteiger partial charge in [-0.05, 0) is 43.2 Å². The molecule has 0 radical (unpaired) electrons. The molecule has 1 aliphatic heterocycles. The molecule has 1 aromatic rings. The highest BCUT2D eigenvalue weighted by Gasteiger charge is 2.50. The summed E-state index contributed by atoms with van der Waals surface area (Å²) in [7, 11) is 0. The van der Waals surface area contributed by atoms with Crippen molar-refractivity contribution in [3.63, 3.8) is 0 Å². The number of hydrogen-bond donors (Lipinski definition) is 1. The molecule has 4 atom stereocenters. The second kappa shape index (κ2) is 8.16. The number of carbonyl (C=O) groups is 2. The molecular weight excluding hydrogens is 409 g/mol. The summed E-state index contributed by atoms with van der Waals surface area (Å²) >= 11 is 12.3. The van der Waals surface area contributed by atoms with Crippen molar-refractivity contribution in [1.29, 1.82) is 0 Å². The Morgan fingerprint density at radius 2 is 1.52 bits per heavy atom. The first-order chi connectivity index (χ1) is 12.5. The number of halogens is 3. The topological polar surface area (TPSA) is 66.6 Å². The van der Waals surface area contributed by atoms with E-state index in [2.05, 4.69) is 0 Å². The van der Waals surface area contributed by atoms with Gasteiger partial charge in [0.25, 0.3) is 5.91 Å². The second-order valence-corrected chi connectivity index (χ2v) is 8.46. The first-order valence-electron chi connectivity index (χ1n) is 9.25. The van der Waals surface area contributed by atoms with E-state index in [1.807, 2.05) is 4.90 Å². The number of fused-ring (bicyclic) bond motifs is 2. The molecule has 0 spiro atoms. The molecular formula is C19H24Cl3N3O2. The first-order valence-corrected chi connectivity index (χ1v) is 10.0. The van der Waals surface area contributed by atoms with Gasteiger partial charge in [0.05, 0.1) is 21.5 Å². The van der Waals surface area contributed by atoms with Crippen LogP contribution in [0.4, 0.5) is 0 Å². The number of rotatable bonds is 2. The Hall–Kier alpha value is -1.01. The zero-order chi connectivity index (χ0) is 18.4. The summed E-state index contributed by atoms with van der Waals surface area (Å²) in [6.07, 6.45) is 3.38. The normalized spacial score (nSPS) is 29.6. The van der Waals surface area contributed by atoms with Gasteiger partial charge in [-0.3, -0.25) is 9.59 Å².